The first-order chi connectivity index (χ1) is 7.13. The van der Waals surface area contributed by atoms with Gasteiger partial charge in [-0.15, -0.1) is 0 Å². The van der Waals surface area contributed by atoms with Gasteiger partial charge in [-0.05, 0) is 38.1 Å². The molecule has 0 aliphatic heterocycles. The first kappa shape index (κ1) is 12.5. The van der Waals surface area contributed by atoms with E-state index < -0.39 is 0 Å². The molecule has 4 heteroatoms. The summed E-state index contributed by atoms with van der Waals surface area (Å²) in [4.78, 5) is 11.4. The highest BCUT2D eigenvalue weighted by molar-refractivity contribution is 5.78. The van der Waals surface area contributed by atoms with Crippen LogP contribution in [0, 0.1) is 11.8 Å². The van der Waals surface area contributed by atoms with Crippen molar-refractivity contribution in [3.8, 4) is 0 Å². The van der Waals surface area contributed by atoms with Gasteiger partial charge in [-0.2, -0.15) is 0 Å². The van der Waals surface area contributed by atoms with Crippen molar-refractivity contribution in [1.29, 1.82) is 0 Å². The van der Waals surface area contributed by atoms with E-state index in [-0.39, 0.29) is 24.5 Å². The Morgan fingerprint density at radius 3 is 2.67 bits per heavy atom. The molecule has 0 spiro atoms. The molecule has 88 valence electrons. The van der Waals surface area contributed by atoms with Crippen LogP contribution in [0.5, 0.6) is 0 Å². The van der Waals surface area contributed by atoms with Crippen LogP contribution in [-0.2, 0) is 4.79 Å². The molecule has 0 radical (unpaired) electrons. The van der Waals surface area contributed by atoms with Gasteiger partial charge in [0.25, 0.3) is 0 Å². The van der Waals surface area contributed by atoms with Crippen LogP contribution < -0.4 is 10.6 Å². The van der Waals surface area contributed by atoms with Gasteiger partial charge in [-0.3, -0.25) is 4.79 Å². The summed E-state index contributed by atoms with van der Waals surface area (Å²) in [5, 5.41) is 14.9. The molecule has 4 nitrogen and oxygen atoms in total. The highest BCUT2D eigenvalue weighted by atomic mass is 16.3. The molecule has 3 N–H and O–H groups in total. The van der Waals surface area contributed by atoms with Gasteiger partial charge in [0.1, 0.15) is 0 Å². The van der Waals surface area contributed by atoms with Gasteiger partial charge in [-0.25, -0.2) is 0 Å². The van der Waals surface area contributed by atoms with Crippen LogP contribution in [0.3, 0.4) is 0 Å². The molecule has 1 saturated carbocycles. The van der Waals surface area contributed by atoms with Gasteiger partial charge in [0.15, 0.2) is 0 Å². The van der Waals surface area contributed by atoms with Crippen molar-refractivity contribution in [3.05, 3.63) is 0 Å². The monoisotopic (exact) mass is 214 g/mol. The summed E-state index contributed by atoms with van der Waals surface area (Å²) in [6, 6.07) is 0.0326. The fourth-order valence-electron chi connectivity index (χ4n) is 1.32. The molecule has 2 unspecified atom stereocenters. The Labute approximate surface area is 91.4 Å². The number of rotatable bonds is 7. The van der Waals surface area contributed by atoms with Gasteiger partial charge in [0, 0.05) is 12.6 Å². The molecule has 0 saturated heterocycles. The second-order valence-electron chi connectivity index (χ2n) is 4.59. The third-order valence-electron chi connectivity index (χ3n) is 2.95. The van der Waals surface area contributed by atoms with Gasteiger partial charge in [0.2, 0.25) is 5.91 Å². The minimum absolute atomic E-state index is 0.0171. The minimum Gasteiger partial charge on any atom is -0.396 e. The molecular weight excluding hydrogens is 192 g/mol. The standard InChI is InChI=1S/C11H22N2O2/c1-8(7-14)9(2)13-11(15)6-12-5-10-3-4-10/h8-10,12,14H,3-7H2,1-2H3,(H,13,15). The van der Waals surface area contributed by atoms with Crippen molar-refractivity contribution in [2.45, 2.75) is 32.7 Å². The van der Waals surface area contributed by atoms with Crippen molar-refractivity contribution >= 4 is 5.91 Å². The van der Waals surface area contributed by atoms with Gasteiger partial charge in [-0.1, -0.05) is 6.92 Å². The van der Waals surface area contributed by atoms with E-state index in [2.05, 4.69) is 10.6 Å². The predicted octanol–water partition coefficient (Wildman–Crippen LogP) is 0.119. The van der Waals surface area contributed by atoms with E-state index in [0.717, 1.165) is 12.5 Å². The summed E-state index contributed by atoms with van der Waals surface area (Å²) >= 11 is 0. The lowest BCUT2D eigenvalue weighted by atomic mass is 10.1. The maximum absolute atomic E-state index is 11.4. The van der Waals surface area contributed by atoms with Crippen molar-refractivity contribution < 1.29 is 9.90 Å². The normalized spacial score (nSPS) is 19.7. The zero-order chi connectivity index (χ0) is 11.3. The Hall–Kier alpha value is -0.610. The van der Waals surface area contributed by atoms with E-state index in [1.807, 2.05) is 13.8 Å². The van der Waals surface area contributed by atoms with Crippen molar-refractivity contribution in [1.82, 2.24) is 10.6 Å². The number of aliphatic hydroxyl groups excluding tert-OH is 1. The molecule has 2 atom stereocenters. The van der Waals surface area contributed by atoms with Crippen molar-refractivity contribution in [3.63, 3.8) is 0 Å². The summed E-state index contributed by atoms with van der Waals surface area (Å²) in [7, 11) is 0. The largest absolute Gasteiger partial charge is 0.396 e. The summed E-state index contributed by atoms with van der Waals surface area (Å²) in [6.45, 7) is 5.29. The maximum Gasteiger partial charge on any atom is 0.234 e. The zero-order valence-corrected chi connectivity index (χ0v) is 9.62. The van der Waals surface area contributed by atoms with Crippen LogP contribution in [-0.4, -0.2) is 36.8 Å². The van der Waals surface area contributed by atoms with E-state index in [1.165, 1.54) is 12.8 Å². The van der Waals surface area contributed by atoms with Crippen molar-refractivity contribution in [2.24, 2.45) is 11.8 Å². The molecule has 0 aromatic heterocycles. The SMILES string of the molecule is CC(CO)C(C)NC(=O)CNCC1CC1. The summed E-state index contributed by atoms with van der Waals surface area (Å²) in [5.41, 5.74) is 0. The number of carbonyl (C=O) groups is 1. The Morgan fingerprint density at radius 2 is 2.13 bits per heavy atom. The van der Waals surface area contributed by atoms with Crippen LogP contribution >= 0.6 is 0 Å². The van der Waals surface area contributed by atoms with Crippen LogP contribution in [0.15, 0.2) is 0 Å². The molecule has 0 aromatic carbocycles. The average molecular weight is 214 g/mol. The molecule has 0 aromatic rings. The predicted molar refractivity (Wildman–Crippen MR) is 59.4 cm³/mol. The van der Waals surface area contributed by atoms with Crippen LogP contribution in [0.25, 0.3) is 0 Å². The number of hydrogen-bond donors (Lipinski definition) is 3. The number of aliphatic hydroxyl groups is 1. The summed E-state index contributed by atoms with van der Waals surface area (Å²) in [5.74, 6) is 0.924. The van der Waals surface area contributed by atoms with Gasteiger partial charge in [0.05, 0.1) is 6.54 Å². The van der Waals surface area contributed by atoms with E-state index in [0.29, 0.717) is 6.54 Å². The zero-order valence-electron chi connectivity index (χ0n) is 9.62. The number of carbonyl (C=O) groups excluding carboxylic acids is 1. The van der Waals surface area contributed by atoms with Crippen LogP contribution in [0.1, 0.15) is 26.7 Å². The Bertz CT molecular complexity index is 205. The maximum atomic E-state index is 11.4. The van der Waals surface area contributed by atoms with Crippen LogP contribution in [0.2, 0.25) is 0 Å². The highest BCUT2D eigenvalue weighted by Gasteiger charge is 2.21. The smallest absolute Gasteiger partial charge is 0.234 e. The average Bonchev–Trinajstić information content (AvgIpc) is 3.00. The Balaban J connectivity index is 2.05. The van der Waals surface area contributed by atoms with Gasteiger partial charge < -0.3 is 15.7 Å². The summed E-state index contributed by atoms with van der Waals surface area (Å²) < 4.78 is 0. The van der Waals surface area contributed by atoms with E-state index >= 15 is 0 Å². The van der Waals surface area contributed by atoms with E-state index in [9.17, 15) is 4.79 Å². The Kier molecular flexibility index (Phi) is 5.05. The highest BCUT2D eigenvalue weighted by Crippen LogP contribution is 2.27. The first-order valence-corrected chi connectivity index (χ1v) is 5.74. The van der Waals surface area contributed by atoms with Crippen LogP contribution in [0.4, 0.5) is 0 Å². The number of amides is 1. The molecule has 1 rings (SSSR count). The molecular formula is C11H22N2O2. The van der Waals surface area contributed by atoms with E-state index in [1.54, 1.807) is 0 Å². The first-order valence-electron chi connectivity index (χ1n) is 5.74. The van der Waals surface area contributed by atoms with Gasteiger partial charge >= 0.3 is 0 Å². The third kappa shape index (κ3) is 5.14. The molecule has 0 heterocycles. The second-order valence-corrected chi connectivity index (χ2v) is 4.59. The molecule has 1 aliphatic rings. The molecule has 1 amide bonds. The fourth-order valence-corrected chi connectivity index (χ4v) is 1.32. The third-order valence-corrected chi connectivity index (χ3v) is 2.95. The second kappa shape index (κ2) is 6.08. The lowest BCUT2D eigenvalue weighted by molar-refractivity contribution is -0.121. The number of hydrogen-bond acceptors (Lipinski definition) is 3. The molecule has 1 fully saturated rings. The number of nitrogens with one attached hydrogen (secondary N) is 2. The fraction of sp³-hybridized carbons (Fsp3) is 0.909. The quantitative estimate of drug-likeness (QED) is 0.564. The lowest BCUT2D eigenvalue weighted by Gasteiger charge is -2.19. The van der Waals surface area contributed by atoms with Crippen molar-refractivity contribution in [2.75, 3.05) is 19.7 Å². The molecule has 15 heavy (non-hydrogen) atoms. The minimum atomic E-state index is 0.0171. The lowest BCUT2D eigenvalue weighted by Crippen LogP contribution is -2.43. The molecule has 0 bridgehead atoms. The topological polar surface area (TPSA) is 61.4 Å². The summed E-state index contributed by atoms with van der Waals surface area (Å²) in [6.07, 6.45) is 2.60. The Morgan fingerprint density at radius 1 is 1.47 bits per heavy atom. The van der Waals surface area contributed by atoms with E-state index in [4.69, 9.17) is 5.11 Å². The molecule has 1 aliphatic carbocycles.